The van der Waals surface area contributed by atoms with Crippen molar-refractivity contribution in [2.24, 2.45) is 0 Å². The quantitative estimate of drug-likeness (QED) is 0.0242. The zero-order valence-electron chi connectivity index (χ0n) is 28.6. The minimum Gasteiger partial charge on any atom is -0.487 e. The second-order valence-corrected chi connectivity index (χ2v) is 12.3. The molecule has 43 heavy (non-hydrogen) atoms. The van der Waals surface area contributed by atoms with Gasteiger partial charge in [0.15, 0.2) is 11.9 Å². The fourth-order valence-electron chi connectivity index (χ4n) is 5.01. The first-order valence-electron chi connectivity index (χ1n) is 17.9. The van der Waals surface area contributed by atoms with Crippen LogP contribution in [0, 0.1) is 11.5 Å². The zero-order valence-corrected chi connectivity index (χ0v) is 33.4. The van der Waals surface area contributed by atoms with Gasteiger partial charge in [-0.05, 0) is 12.8 Å². The Morgan fingerprint density at radius 1 is 0.395 bits per heavy atom. The summed E-state index contributed by atoms with van der Waals surface area (Å²) in [5.41, 5.74) is 0. The molecule has 0 rings (SSSR count). The average molecular weight is 696 g/mol. The van der Waals surface area contributed by atoms with Gasteiger partial charge < -0.3 is 34.7 Å². The molecule has 0 atom stereocenters. The van der Waals surface area contributed by atoms with Crippen molar-refractivity contribution in [2.45, 2.75) is 194 Å². The standard InChI is InChI=1S/2C18H35O2S.Zn/c2*1-2-3-4-5-6-7-8-9-10-11-12-13-14-15-16-20-18(19)17-21;/h2*17,21H,2-16H2,1H3;/q2*-1;+2. The second kappa shape index (κ2) is 44.1. The third kappa shape index (κ3) is 46.5. The number of rotatable bonds is 32. The maximum atomic E-state index is 10.8. The van der Waals surface area contributed by atoms with E-state index in [4.69, 9.17) is 9.47 Å². The first kappa shape index (κ1) is 47.4. The van der Waals surface area contributed by atoms with Gasteiger partial charge in [-0.3, -0.25) is 9.59 Å². The maximum Gasteiger partial charge on any atom is 2.00 e. The van der Waals surface area contributed by atoms with Gasteiger partial charge >= 0.3 is 19.5 Å². The van der Waals surface area contributed by atoms with Crippen LogP contribution in [-0.2, 0) is 38.5 Å². The summed E-state index contributed by atoms with van der Waals surface area (Å²) in [4.78, 5) is 21.6. The molecule has 4 nitrogen and oxygen atoms in total. The molecule has 0 N–H and O–H groups in total. The molecule has 0 aromatic carbocycles. The monoisotopic (exact) mass is 694 g/mol. The Kier molecular flexibility index (Phi) is 48.7. The molecule has 0 aliphatic rings. The van der Waals surface area contributed by atoms with E-state index in [-0.39, 0.29) is 31.4 Å². The molecule has 0 bridgehead atoms. The van der Waals surface area contributed by atoms with Crippen molar-refractivity contribution in [3.05, 3.63) is 11.5 Å². The van der Waals surface area contributed by atoms with Crippen molar-refractivity contribution < 1.29 is 38.5 Å². The average Bonchev–Trinajstić information content (AvgIpc) is 3.01. The molecule has 0 aromatic rings. The van der Waals surface area contributed by atoms with Gasteiger partial charge in [-0.25, -0.2) is 11.5 Å². The summed E-state index contributed by atoms with van der Waals surface area (Å²) in [6.07, 6.45) is 37.6. The number of hydrogen-bond donors (Lipinski definition) is 2. The molecule has 0 aliphatic heterocycles. The molecule has 0 amide bonds. The predicted molar refractivity (Wildman–Crippen MR) is 189 cm³/mol. The van der Waals surface area contributed by atoms with Gasteiger partial charge in [-0.2, -0.15) is 0 Å². The number of carbonyl (C=O) groups is 2. The van der Waals surface area contributed by atoms with Gasteiger partial charge in [0.2, 0.25) is 0 Å². The minimum atomic E-state index is -0.326. The van der Waals surface area contributed by atoms with E-state index in [1.807, 2.05) is 0 Å². The summed E-state index contributed by atoms with van der Waals surface area (Å²) < 4.78 is 9.85. The van der Waals surface area contributed by atoms with Crippen LogP contribution in [0.15, 0.2) is 0 Å². The molecule has 0 spiro atoms. The molecule has 0 heterocycles. The Balaban J connectivity index is -0.000000727. The molecule has 0 saturated heterocycles. The van der Waals surface area contributed by atoms with Crippen LogP contribution in [0.25, 0.3) is 0 Å². The topological polar surface area (TPSA) is 52.6 Å². The molecule has 0 fully saturated rings. The Labute approximate surface area is 292 Å². The third-order valence-electron chi connectivity index (χ3n) is 7.70. The van der Waals surface area contributed by atoms with Crippen LogP contribution in [0.5, 0.6) is 0 Å². The van der Waals surface area contributed by atoms with Crippen LogP contribution >= 0.6 is 25.3 Å². The summed E-state index contributed by atoms with van der Waals surface area (Å²) in [5, 5.41) is 0. The molecule has 7 heteroatoms. The van der Waals surface area contributed by atoms with Gasteiger partial charge in [0, 0.05) is 0 Å². The van der Waals surface area contributed by atoms with Crippen LogP contribution in [0.4, 0.5) is 0 Å². The summed E-state index contributed by atoms with van der Waals surface area (Å²) in [5.74, 6) is 1.69. The molecule has 0 unspecified atom stereocenters. The van der Waals surface area contributed by atoms with Crippen LogP contribution in [0.1, 0.15) is 194 Å². The number of hydrogen-bond acceptors (Lipinski definition) is 6. The fourth-order valence-corrected chi connectivity index (χ4v) is 5.16. The van der Waals surface area contributed by atoms with Gasteiger partial charge in [-0.15, -0.1) is 0 Å². The van der Waals surface area contributed by atoms with Crippen LogP contribution in [0.3, 0.4) is 0 Å². The van der Waals surface area contributed by atoms with E-state index in [0.717, 1.165) is 25.7 Å². The zero-order chi connectivity index (χ0) is 31.2. The number of esters is 2. The minimum absolute atomic E-state index is 0. The van der Waals surface area contributed by atoms with E-state index < -0.39 is 0 Å². The molecule has 0 aromatic heterocycles. The third-order valence-corrected chi connectivity index (χ3v) is 8.12. The van der Waals surface area contributed by atoms with Crippen LogP contribution < -0.4 is 0 Å². The number of ether oxygens (including phenoxy) is 2. The summed E-state index contributed by atoms with van der Waals surface area (Å²) in [6, 6.07) is 0. The second-order valence-electron chi connectivity index (χ2n) is 11.8. The normalized spacial score (nSPS) is 10.3. The molecule has 0 aliphatic carbocycles. The number of unbranched alkanes of at least 4 members (excludes halogenated alkanes) is 26. The van der Waals surface area contributed by atoms with Crippen molar-refractivity contribution in [3.8, 4) is 0 Å². The summed E-state index contributed by atoms with van der Waals surface area (Å²) in [6.45, 7) is 5.61. The Morgan fingerprint density at radius 3 is 0.767 bits per heavy atom. The predicted octanol–water partition coefficient (Wildman–Crippen LogP) is 12.2. The Morgan fingerprint density at radius 2 is 0.581 bits per heavy atom. The van der Waals surface area contributed by atoms with Crippen molar-refractivity contribution in [1.29, 1.82) is 0 Å². The van der Waals surface area contributed by atoms with E-state index in [9.17, 15) is 9.59 Å². The van der Waals surface area contributed by atoms with Gasteiger partial charge in [-0.1, -0.05) is 181 Å². The molecular formula is C36H70O4S2Zn. The van der Waals surface area contributed by atoms with E-state index in [1.54, 1.807) is 0 Å². The number of carbonyl (C=O) groups excluding carboxylic acids is 2. The first-order valence-corrected chi connectivity index (χ1v) is 18.9. The Bertz CT molecular complexity index is 491. The van der Waals surface area contributed by atoms with Crippen molar-refractivity contribution in [3.63, 3.8) is 0 Å². The van der Waals surface area contributed by atoms with Gasteiger partial charge in [0.05, 0.1) is 13.2 Å². The van der Waals surface area contributed by atoms with E-state index in [0.29, 0.717) is 13.2 Å². The van der Waals surface area contributed by atoms with Crippen LogP contribution in [-0.4, -0.2) is 25.2 Å². The molecule has 0 saturated carbocycles. The van der Waals surface area contributed by atoms with Crippen molar-refractivity contribution in [1.82, 2.24) is 0 Å². The molecule has 252 valence electrons. The fraction of sp³-hybridized carbons (Fsp3) is 0.889. The van der Waals surface area contributed by atoms with E-state index in [1.165, 1.54) is 166 Å². The molecule has 0 radical (unpaired) electrons. The maximum absolute atomic E-state index is 10.8. The SMILES string of the molecule is CCCCCCCCCCCCCCCCOC(=O)[CH-]S.CCCCCCCCCCCCCCCCOC(=O)[CH-]S.[Zn+2]. The first-order chi connectivity index (χ1) is 20.6. The van der Waals surface area contributed by atoms with Crippen molar-refractivity contribution in [2.75, 3.05) is 13.2 Å². The van der Waals surface area contributed by atoms with Gasteiger partial charge in [0.25, 0.3) is 0 Å². The van der Waals surface area contributed by atoms with Crippen LogP contribution in [0.2, 0.25) is 0 Å². The van der Waals surface area contributed by atoms with Gasteiger partial charge in [0.1, 0.15) is 0 Å². The van der Waals surface area contributed by atoms with E-state index >= 15 is 0 Å². The summed E-state index contributed by atoms with van der Waals surface area (Å²) in [7, 11) is 0. The van der Waals surface area contributed by atoms with E-state index in [2.05, 4.69) is 39.1 Å². The Hall–Kier alpha value is 0.00338. The number of thiol groups is 2. The summed E-state index contributed by atoms with van der Waals surface area (Å²) >= 11 is 7.49. The smallest absolute Gasteiger partial charge is 0.487 e. The largest absolute Gasteiger partial charge is 2.00 e. The molecular weight excluding hydrogens is 626 g/mol. The van der Waals surface area contributed by atoms with Crippen molar-refractivity contribution >= 4 is 37.2 Å².